The molecule has 122 valence electrons. The smallest absolute Gasteiger partial charge is 0.274 e. The van der Waals surface area contributed by atoms with Crippen molar-refractivity contribution < 1.29 is 9.18 Å². The fraction of sp³-hybridized carbons (Fsp3) is 0.118. The fourth-order valence-electron chi connectivity index (χ4n) is 2.44. The Bertz CT molecular complexity index is 1000. The Kier molecular flexibility index (Phi) is 4.44. The zero-order valence-electron chi connectivity index (χ0n) is 12.7. The number of hydrogen-bond donors (Lipinski definition) is 1. The lowest BCUT2D eigenvalue weighted by atomic mass is 10.1. The molecule has 0 radical (unpaired) electrons. The van der Waals surface area contributed by atoms with Crippen molar-refractivity contribution in [2.75, 3.05) is 7.05 Å². The topological polar surface area (TPSA) is 64.0 Å². The lowest BCUT2D eigenvalue weighted by molar-refractivity contribution is 0.0957. The maximum Gasteiger partial charge on any atom is 0.274 e. The Labute approximate surface area is 145 Å². The first kappa shape index (κ1) is 16.3. The summed E-state index contributed by atoms with van der Waals surface area (Å²) in [7, 11) is 1.50. The number of amides is 1. The maximum absolute atomic E-state index is 13.2. The van der Waals surface area contributed by atoms with Gasteiger partial charge >= 0.3 is 0 Å². The van der Waals surface area contributed by atoms with Crippen molar-refractivity contribution in [1.29, 1.82) is 0 Å². The van der Waals surface area contributed by atoms with E-state index in [1.807, 2.05) is 0 Å². The zero-order valence-corrected chi connectivity index (χ0v) is 14.3. The van der Waals surface area contributed by atoms with Crippen molar-refractivity contribution in [3.05, 3.63) is 74.4 Å². The molecule has 7 heteroatoms. The minimum absolute atomic E-state index is 0.120. The normalized spacial score (nSPS) is 10.8. The molecule has 0 atom stereocenters. The van der Waals surface area contributed by atoms with Crippen molar-refractivity contribution >= 4 is 32.6 Å². The molecule has 1 aromatic heterocycles. The molecule has 0 unspecified atom stereocenters. The lowest BCUT2D eigenvalue weighted by Crippen LogP contribution is -2.29. The van der Waals surface area contributed by atoms with E-state index in [9.17, 15) is 14.0 Å². The number of carbonyl (C=O) groups excluding carboxylic acids is 1. The standard InChI is InChI=1S/C17H13BrFN3O2/c1-20-16(23)15-12-4-2-3-5-13(12)17(24)22(21-15)9-10-6-7-11(19)8-14(10)18/h2-8H,9H2,1H3,(H,20,23). The number of fused-ring (bicyclic) bond motifs is 1. The second-order valence-corrected chi connectivity index (χ2v) is 6.03. The van der Waals surface area contributed by atoms with Gasteiger partial charge in [-0.15, -0.1) is 0 Å². The Hall–Kier alpha value is -2.54. The van der Waals surface area contributed by atoms with Gasteiger partial charge in [0.25, 0.3) is 11.5 Å². The molecular weight excluding hydrogens is 377 g/mol. The summed E-state index contributed by atoms with van der Waals surface area (Å²) < 4.78 is 15.0. The number of nitrogens with one attached hydrogen (secondary N) is 1. The number of halogens is 2. The van der Waals surface area contributed by atoms with Crippen LogP contribution in [0.2, 0.25) is 0 Å². The summed E-state index contributed by atoms with van der Waals surface area (Å²) in [6.45, 7) is 0.120. The van der Waals surface area contributed by atoms with Crippen LogP contribution in [0.1, 0.15) is 16.1 Å². The molecule has 1 N–H and O–H groups in total. The average Bonchev–Trinajstić information content (AvgIpc) is 2.59. The van der Waals surface area contributed by atoms with Gasteiger partial charge in [0.2, 0.25) is 0 Å². The van der Waals surface area contributed by atoms with Gasteiger partial charge in [-0.1, -0.05) is 40.2 Å². The zero-order chi connectivity index (χ0) is 17.3. The highest BCUT2D eigenvalue weighted by atomic mass is 79.9. The third-order valence-electron chi connectivity index (χ3n) is 3.65. The third kappa shape index (κ3) is 2.94. The predicted molar refractivity (Wildman–Crippen MR) is 92.6 cm³/mol. The summed E-state index contributed by atoms with van der Waals surface area (Å²) in [5.74, 6) is -0.756. The number of nitrogens with zero attached hydrogens (tertiary/aromatic N) is 2. The molecule has 0 fully saturated rings. The Balaban J connectivity index is 2.19. The molecule has 1 amide bonds. The van der Waals surface area contributed by atoms with Crippen molar-refractivity contribution in [3.8, 4) is 0 Å². The summed E-state index contributed by atoms with van der Waals surface area (Å²) in [5.41, 5.74) is 0.546. The van der Waals surface area contributed by atoms with Crippen molar-refractivity contribution in [3.63, 3.8) is 0 Å². The first-order chi connectivity index (χ1) is 11.5. The molecule has 24 heavy (non-hydrogen) atoms. The highest BCUT2D eigenvalue weighted by Gasteiger charge is 2.16. The number of benzene rings is 2. The van der Waals surface area contributed by atoms with Crippen LogP contribution in [0.5, 0.6) is 0 Å². The van der Waals surface area contributed by atoms with E-state index in [2.05, 4.69) is 26.3 Å². The van der Waals surface area contributed by atoms with E-state index in [1.165, 1.54) is 23.9 Å². The van der Waals surface area contributed by atoms with E-state index in [-0.39, 0.29) is 29.5 Å². The molecule has 1 heterocycles. The molecule has 0 aliphatic carbocycles. The molecule has 0 saturated heterocycles. The number of rotatable bonds is 3. The summed E-state index contributed by atoms with van der Waals surface area (Å²) in [6.07, 6.45) is 0. The summed E-state index contributed by atoms with van der Waals surface area (Å²) in [4.78, 5) is 24.8. The van der Waals surface area contributed by atoms with Crippen molar-refractivity contribution in [1.82, 2.24) is 15.1 Å². The van der Waals surface area contributed by atoms with Crippen molar-refractivity contribution in [2.24, 2.45) is 0 Å². The predicted octanol–water partition coefficient (Wildman–Crippen LogP) is 2.71. The van der Waals surface area contributed by atoms with Gasteiger partial charge in [-0.25, -0.2) is 9.07 Å². The maximum atomic E-state index is 13.2. The Morgan fingerprint density at radius 1 is 1.25 bits per heavy atom. The van der Waals surface area contributed by atoms with Crippen LogP contribution in [0.15, 0.2) is 51.7 Å². The first-order valence-corrected chi connectivity index (χ1v) is 7.96. The highest BCUT2D eigenvalue weighted by Crippen LogP contribution is 2.19. The van der Waals surface area contributed by atoms with Crippen LogP contribution in [0.3, 0.4) is 0 Å². The minimum atomic E-state index is -0.379. The molecular formula is C17H13BrFN3O2. The van der Waals surface area contributed by atoms with Gasteiger partial charge < -0.3 is 5.32 Å². The van der Waals surface area contributed by atoms with Crippen LogP contribution in [0.4, 0.5) is 4.39 Å². The number of carbonyl (C=O) groups is 1. The van der Waals surface area contributed by atoms with Crippen molar-refractivity contribution in [2.45, 2.75) is 6.54 Å². The van der Waals surface area contributed by atoms with Crippen LogP contribution < -0.4 is 10.9 Å². The van der Waals surface area contributed by atoms with Gasteiger partial charge in [0.15, 0.2) is 5.69 Å². The molecule has 0 aliphatic heterocycles. The van der Waals surface area contributed by atoms with Gasteiger partial charge in [-0.05, 0) is 23.8 Å². The molecule has 3 rings (SSSR count). The highest BCUT2D eigenvalue weighted by molar-refractivity contribution is 9.10. The van der Waals surface area contributed by atoms with Gasteiger partial charge in [-0.3, -0.25) is 9.59 Å². The molecule has 3 aromatic rings. The molecule has 0 bridgehead atoms. The molecule has 0 spiro atoms. The Morgan fingerprint density at radius 2 is 1.96 bits per heavy atom. The average molecular weight is 390 g/mol. The minimum Gasteiger partial charge on any atom is -0.354 e. The second kappa shape index (κ2) is 6.52. The van der Waals surface area contributed by atoms with Gasteiger partial charge in [0.1, 0.15) is 5.82 Å². The van der Waals surface area contributed by atoms with Gasteiger partial charge in [0.05, 0.1) is 11.9 Å². The first-order valence-electron chi connectivity index (χ1n) is 7.17. The molecule has 0 saturated carbocycles. The van der Waals surface area contributed by atoms with Gasteiger partial charge in [0, 0.05) is 16.9 Å². The number of aromatic nitrogens is 2. The summed E-state index contributed by atoms with van der Waals surface area (Å²) in [6, 6.07) is 11.0. The van der Waals surface area contributed by atoms with E-state index >= 15 is 0 Å². The van der Waals surface area contributed by atoms with Crippen LogP contribution >= 0.6 is 15.9 Å². The van der Waals surface area contributed by atoms with E-state index in [1.54, 1.807) is 30.3 Å². The Morgan fingerprint density at radius 3 is 2.62 bits per heavy atom. The van der Waals surface area contributed by atoms with Crippen LogP contribution in [0.25, 0.3) is 10.8 Å². The second-order valence-electron chi connectivity index (χ2n) is 5.17. The lowest BCUT2D eigenvalue weighted by Gasteiger charge is -2.11. The van der Waals surface area contributed by atoms with E-state index in [0.29, 0.717) is 20.8 Å². The molecule has 5 nitrogen and oxygen atoms in total. The van der Waals surface area contributed by atoms with E-state index in [4.69, 9.17) is 0 Å². The molecule has 2 aromatic carbocycles. The monoisotopic (exact) mass is 389 g/mol. The third-order valence-corrected chi connectivity index (χ3v) is 4.38. The fourth-order valence-corrected chi connectivity index (χ4v) is 2.92. The molecule has 0 aliphatic rings. The quantitative estimate of drug-likeness (QED) is 0.748. The summed E-state index contributed by atoms with van der Waals surface area (Å²) >= 11 is 3.28. The van der Waals surface area contributed by atoms with Crippen LogP contribution in [-0.2, 0) is 6.54 Å². The van der Waals surface area contributed by atoms with E-state index < -0.39 is 0 Å². The van der Waals surface area contributed by atoms with Crippen LogP contribution in [-0.4, -0.2) is 22.7 Å². The SMILES string of the molecule is CNC(=O)c1nn(Cc2ccc(F)cc2Br)c(=O)c2ccccc12. The largest absolute Gasteiger partial charge is 0.354 e. The summed E-state index contributed by atoms with van der Waals surface area (Å²) in [5, 5.41) is 7.64. The van der Waals surface area contributed by atoms with Gasteiger partial charge in [-0.2, -0.15) is 5.10 Å². The van der Waals surface area contributed by atoms with Crippen LogP contribution in [0, 0.1) is 5.82 Å². The van der Waals surface area contributed by atoms with E-state index in [0.717, 1.165) is 0 Å². The number of hydrogen-bond acceptors (Lipinski definition) is 3.